The summed E-state index contributed by atoms with van der Waals surface area (Å²) in [6.45, 7) is 127. The van der Waals surface area contributed by atoms with Crippen molar-refractivity contribution in [2.24, 2.45) is 0 Å². The highest BCUT2D eigenvalue weighted by Gasteiger charge is 2.60. The van der Waals surface area contributed by atoms with Crippen LogP contribution in [0.1, 0.15) is 26.2 Å². The molecule has 0 radical (unpaired) electrons. The van der Waals surface area contributed by atoms with Crippen LogP contribution in [0.25, 0.3) is 0 Å². The second-order valence-electron chi connectivity index (χ2n) is 52.0. The van der Waals surface area contributed by atoms with Crippen molar-refractivity contribution in [1.29, 1.82) is 0 Å². The maximum Gasteiger partial charge on any atom is 0.494 e. The van der Waals surface area contributed by atoms with E-state index in [9.17, 15) is 24.0 Å². The molecule has 4 N–H and O–H groups in total. The van der Waals surface area contributed by atoms with E-state index in [1.54, 1.807) is 14.0 Å². The van der Waals surface area contributed by atoms with E-state index in [4.69, 9.17) is 125 Å². The molecule has 0 amide bonds. The summed E-state index contributed by atoms with van der Waals surface area (Å²) >= 11 is 0. The molecule has 0 aromatic rings. The van der Waals surface area contributed by atoms with Gasteiger partial charge in [-0.15, -0.1) is 0 Å². The largest absolute Gasteiger partial charge is 0.494 e. The SMILES string of the molecule is C=C(C)C(=O)CCCCO[Si](C)(C)CC[Si](O[Si](C)(C)CC[Si](O)(O)OC)(O[Si](C)(C)CC[Si](O)(O)OC)O[Si](C)(C)CC[Si](OC)(O[Si](C)(C)C)O[Si](C)(C)C.C[SiH](C)O[Si](C)(C)O[Si](C)(C)O[Si](C)(C)O[Si](C)(C)O[Si](C)(C)O[Si](C)(C)O[Si](C)(C)O[Si](C)(C)O[Si](C)(C)O[Si](C)(C)O[Si](C)(C)O[Si](C)(C)O[Si](C)(C)O[Si](C)(C)O[Si](C)(C)O[Si](C)(C)O[Si](C)(C)O[Si](C)(C)O[Si](C)(C)O[Si](C)(C)O[SiH](C)C. The Hall–Kier alpha value is 4.99. The fourth-order valence-corrected chi connectivity index (χ4v) is 169. The van der Waals surface area contributed by atoms with Crippen LogP contribution in [0, 0.1) is 0 Å². The van der Waals surface area contributed by atoms with Crippen molar-refractivity contribution in [2.75, 3.05) is 27.9 Å². The van der Waals surface area contributed by atoms with Gasteiger partial charge in [0.25, 0.3) is 0 Å². The second kappa shape index (κ2) is 56.0. The lowest BCUT2D eigenvalue weighted by Gasteiger charge is -2.46. The first-order valence-electron chi connectivity index (χ1n) is 51.2. The van der Waals surface area contributed by atoms with Crippen molar-refractivity contribution in [3.05, 3.63) is 12.2 Å². The Bertz CT molecular complexity index is 3670. The number of Topliss-reactive ketones (excluding diaryl/α,β-unsaturated/α-hetero) is 1. The molecule has 0 rings (SSSR count). The zero-order chi connectivity index (χ0) is 115. The van der Waals surface area contributed by atoms with E-state index in [2.05, 4.69) is 360 Å². The summed E-state index contributed by atoms with van der Waals surface area (Å²) in [5, 5.41) is 0. The standard InChI is InChI=1S/C44H134O21Si22.C33H84O14Si10/c1-66(2)45-68(5,6)47-70(9,10)49-72(13,14)51-74(17,18)53-76(21,22)55-78(25,26)57-80(29,30)59-82(33,34)61-84(37,38)63-86(41,42)65-87(43,44)64-85(39,40)62-83(35,36)60-81(31,32)58-79(27,28)56-77(23,24)54-75(19,20)52-73(15,16)50-71(11,12)48-69(7,8)46-67(3)4;1-32(2)33(34)22-20-21-23-42-50(12,13)26-31-57(45-51(14,15)24-28-54(35,36)39-3,46-52(16,17)25-29-55(37,38)40-4)47-53(18,19)27-30-56(41-5,43-48(6,7)8)44-49(9,10)11/h66-67H,1-44H3;35-38H,1,20-31H2,2-19H3. The Morgan fingerprint density at radius 3 is 0.562 bits per heavy atom. The molecule has 67 heteroatoms. The summed E-state index contributed by atoms with van der Waals surface area (Å²) < 4.78 is 202. The average Bonchev–Trinajstić information content (AvgIpc) is 0.766. The van der Waals surface area contributed by atoms with Crippen molar-refractivity contribution in [3.63, 3.8) is 0 Å². The van der Waals surface area contributed by atoms with E-state index >= 15 is 0 Å². The first-order valence-corrected chi connectivity index (χ1v) is 140. The average molecular weight is 2600 g/mol. The molecule has 0 aliphatic heterocycles. The lowest BCUT2D eigenvalue weighted by molar-refractivity contribution is -0.115. The molecular weight excluding hydrogens is 2380 g/mol. The Morgan fingerprint density at radius 1 is 0.222 bits per heavy atom. The third-order valence-electron chi connectivity index (χ3n) is 19.5. The van der Waals surface area contributed by atoms with Crippen LogP contribution in [0.5, 0.6) is 0 Å². The van der Waals surface area contributed by atoms with E-state index in [0.29, 0.717) is 54.9 Å². The monoisotopic (exact) mass is 2600 g/mol. The highest BCUT2D eigenvalue weighted by atomic mass is 28.6. The minimum Gasteiger partial charge on any atom is -0.440 e. The maximum absolute atomic E-state index is 12.1. The summed E-state index contributed by atoms with van der Waals surface area (Å²) in [6.07, 6.45) is 1.93. The van der Waals surface area contributed by atoms with Gasteiger partial charge in [-0.25, -0.2) is 0 Å². The predicted molar refractivity (Wildman–Crippen MR) is 663 cm³/mol. The molecule has 0 saturated carbocycles. The number of unbranched alkanes of at least 4 members (excludes halogenated alkanes) is 1. The molecule has 0 saturated heterocycles. The number of rotatable bonds is 74. The van der Waals surface area contributed by atoms with Crippen LogP contribution >= 0.6 is 0 Å². The summed E-state index contributed by atoms with van der Waals surface area (Å²) in [6, 6.07) is 3.36. The zero-order valence-corrected chi connectivity index (χ0v) is 135. The fourth-order valence-electron chi connectivity index (χ4n) is 18.7. The van der Waals surface area contributed by atoms with Gasteiger partial charge in [0.1, 0.15) is 0 Å². The van der Waals surface area contributed by atoms with Crippen molar-refractivity contribution >= 4 is 280 Å². The smallest absolute Gasteiger partial charge is 0.440 e. The van der Waals surface area contributed by atoms with E-state index < -0.39 is 274 Å². The molecule has 0 unspecified atom stereocenters. The molecule has 0 aliphatic rings. The van der Waals surface area contributed by atoms with Crippen molar-refractivity contribution in [1.82, 2.24) is 0 Å². The highest BCUT2D eigenvalue weighted by Crippen LogP contribution is 2.42. The molecule has 0 bridgehead atoms. The Balaban J connectivity index is 0. The molecule has 0 heterocycles. The first kappa shape index (κ1) is 151. The number of carbonyl (C=O) groups excluding carboxylic acids is 1. The molecule has 0 spiro atoms. The van der Waals surface area contributed by atoms with Crippen LogP contribution in [0.4, 0.5) is 0 Å². The second-order valence-corrected chi connectivity index (χ2v) is 167. The predicted octanol–water partition coefficient (Wildman–Crippen LogP) is 22.9. The molecular formula is C77H218O35Si32. The highest BCUT2D eigenvalue weighted by molar-refractivity contribution is 6.98. The van der Waals surface area contributed by atoms with E-state index in [1.807, 2.05) is 26.2 Å². The van der Waals surface area contributed by atoms with Gasteiger partial charge in [0.15, 0.2) is 73.8 Å². The number of hydrogen-bond acceptors (Lipinski definition) is 35. The molecule has 0 aromatic carbocycles. The lowest BCUT2D eigenvalue weighted by Crippen LogP contribution is -2.63. The van der Waals surface area contributed by atoms with Gasteiger partial charge in [0.2, 0.25) is 0 Å². The van der Waals surface area contributed by atoms with Gasteiger partial charge in [0, 0.05) is 58.5 Å². The maximum atomic E-state index is 12.1. The number of allylic oxidation sites excluding steroid dienone is 1. The zero-order valence-electron chi connectivity index (χ0n) is 103. The van der Waals surface area contributed by atoms with Gasteiger partial charge < -0.3 is 144 Å². The van der Waals surface area contributed by atoms with Crippen LogP contribution in [0.2, 0.25) is 428 Å². The van der Waals surface area contributed by atoms with Gasteiger partial charge >= 0.3 is 206 Å². The van der Waals surface area contributed by atoms with E-state index in [0.717, 1.165) is 12.8 Å². The van der Waals surface area contributed by atoms with Crippen LogP contribution < -0.4 is 0 Å². The molecule has 144 heavy (non-hydrogen) atoms. The Labute approximate surface area is 914 Å². The van der Waals surface area contributed by atoms with Crippen LogP contribution in [0.3, 0.4) is 0 Å². The van der Waals surface area contributed by atoms with Crippen molar-refractivity contribution < 1.29 is 149 Å². The van der Waals surface area contributed by atoms with Crippen LogP contribution in [-0.2, 0) is 129 Å². The number of ketones is 1. The first-order chi connectivity index (χ1) is 62.6. The van der Waals surface area contributed by atoms with Crippen LogP contribution in [0.15, 0.2) is 12.2 Å². The van der Waals surface area contributed by atoms with Crippen LogP contribution in [-0.4, -0.2) is 327 Å². The summed E-state index contributed by atoms with van der Waals surface area (Å²) in [7, 11) is -82.4. The molecule has 0 aliphatic carbocycles. The molecule has 0 fully saturated rings. The minimum absolute atomic E-state index is 0.0733. The minimum atomic E-state index is -3.88. The summed E-state index contributed by atoms with van der Waals surface area (Å²) in [5.41, 5.74) is 0.570. The summed E-state index contributed by atoms with van der Waals surface area (Å²) in [4.78, 5) is 54.2. The summed E-state index contributed by atoms with van der Waals surface area (Å²) in [5.74, 6) is 0.0733. The Kier molecular flexibility index (Phi) is 58.7. The topological polar surface area (TPSA) is 375 Å². The number of carbonyl (C=O) groups is 1. The normalized spacial score (nSPS) is 15.5. The number of hydrogen-bond donors (Lipinski definition) is 4. The van der Waals surface area contributed by atoms with Gasteiger partial charge in [-0.2, -0.15) is 0 Å². The molecule has 0 aromatic heterocycles. The van der Waals surface area contributed by atoms with E-state index in [-0.39, 0.29) is 17.9 Å². The third-order valence-corrected chi connectivity index (χ3v) is 135. The van der Waals surface area contributed by atoms with Crippen molar-refractivity contribution in [3.8, 4) is 0 Å². The van der Waals surface area contributed by atoms with Gasteiger partial charge in [-0.3, -0.25) is 4.79 Å². The van der Waals surface area contributed by atoms with E-state index in [1.165, 1.54) is 14.2 Å². The quantitative estimate of drug-likeness (QED) is 0.0250. The van der Waals surface area contributed by atoms with Gasteiger partial charge in [-0.1, -0.05) is 6.58 Å². The fraction of sp³-hybridized carbons (Fsp3) is 0.961. The van der Waals surface area contributed by atoms with Gasteiger partial charge in [-0.05, 0) is 429 Å². The third kappa shape index (κ3) is 71.7. The van der Waals surface area contributed by atoms with Crippen molar-refractivity contribution in [2.45, 2.75) is 454 Å². The molecule has 864 valence electrons. The Morgan fingerprint density at radius 2 is 0.396 bits per heavy atom. The lowest BCUT2D eigenvalue weighted by atomic mass is 10.1. The molecule has 0 atom stereocenters. The van der Waals surface area contributed by atoms with Gasteiger partial charge in [0.05, 0.1) is 0 Å². The molecule has 35 nitrogen and oxygen atoms in total.